The van der Waals surface area contributed by atoms with Gasteiger partial charge in [0.25, 0.3) is 0 Å². The molecule has 0 unspecified atom stereocenters. The largest absolute Gasteiger partial charge is 0.444 e. The third-order valence-electron chi connectivity index (χ3n) is 4.79. The number of thiophene rings is 1. The quantitative estimate of drug-likeness (QED) is 0.643. The van der Waals surface area contributed by atoms with Crippen LogP contribution in [0.25, 0.3) is 0 Å². The average Bonchev–Trinajstić information content (AvgIpc) is 3.32. The lowest BCUT2D eigenvalue weighted by molar-refractivity contribution is -0.0831. The van der Waals surface area contributed by atoms with Gasteiger partial charge >= 0.3 is 6.09 Å². The molecule has 0 saturated carbocycles. The van der Waals surface area contributed by atoms with Gasteiger partial charge in [-0.2, -0.15) is 0 Å². The van der Waals surface area contributed by atoms with Crippen LogP contribution in [0.15, 0.2) is 41.4 Å². The number of amides is 1. The number of amidine groups is 1. The summed E-state index contributed by atoms with van der Waals surface area (Å²) in [6, 6.07) is 11.0. The second-order valence-corrected chi connectivity index (χ2v) is 8.48. The molecule has 1 atom stereocenters. The summed E-state index contributed by atoms with van der Waals surface area (Å²) in [5, 5.41) is 1.65. The van der Waals surface area contributed by atoms with Crippen molar-refractivity contribution in [3.63, 3.8) is 0 Å². The Morgan fingerprint density at radius 1 is 1.28 bits per heavy atom. The monoisotopic (exact) mass is 433 g/mol. The van der Waals surface area contributed by atoms with Crippen LogP contribution in [-0.4, -0.2) is 55.6 Å². The zero-order valence-corrected chi connectivity index (χ0v) is 17.4. The van der Waals surface area contributed by atoms with E-state index in [1.54, 1.807) is 22.1 Å². The Hall–Kier alpha value is -2.42. The molecule has 7 nitrogen and oxygen atoms in total. The van der Waals surface area contributed by atoms with Crippen LogP contribution < -0.4 is 4.90 Å². The molecular weight excluding hydrogens is 414 g/mol. The van der Waals surface area contributed by atoms with Crippen molar-refractivity contribution in [2.24, 2.45) is 4.99 Å². The van der Waals surface area contributed by atoms with Crippen LogP contribution >= 0.6 is 22.9 Å². The molecule has 4 rings (SSSR count). The Morgan fingerprint density at radius 3 is 2.76 bits per heavy atom. The number of carbonyl (C=O) groups is 2. The minimum absolute atomic E-state index is 0.0142. The van der Waals surface area contributed by atoms with Gasteiger partial charge in [0.15, 0.2) is 11.6 Å². The van der Waals surface area contributed by atoms with Gasteiger partial charge in [-0.25, -0.2) is 9.86 Å². The number of aliphatic imine (C=N–C) groups is 1. The molecule has 1 fully saturated rings. The number of hydrogen-bond acceptors (Lipinski definition) is 7. The molecule has 1 aromatic heterocycles. The van der Waals surface area contributed by atoms with E-state index in [0.29, 0.717) is 41.8 Å². The highest BCUT2D eigenvalue weighted by Crippen LogP contribution is 2.27. The van der Waals surface area contributed by atoms with Crippen LogP contribution in [0.3, 0.4) is 0 Å². The van der Waals surface area contributed by atoms with E-state index in [1.807, 2.05) is 31.3 Å². The molecule has 1 amide bonds. The molecule has 29 heavy (non-hydrogen) atoms. The summed E-state index contributed by atoms with van der Waals surface area (Å²) < 4.78 is 6.03. The SMILES string of the molecule is CN1OCCN=C1c1ccc(N2C[C@H](CCC(=O)c3ccc(Cl)s3)OC2=O)cc1. The van der Waals surface area contributed by atoms with E-state index in [4.69, 9.17) is 21.2 Å². The zero-order valence-electron chi connectivity index (χ0n) is 15.8. The second kappa shape index (κ2) is 8.52. The lowest BCUT2D eigenvalue weighted by atomic mass is 10.1. The van der Waals surface area contributed by atoms with Crippen LogP contribution in [-0.2, 0) is 9.57 Å². The summed E-state index contributed by atoms with van der Waals surface area (Å²) in [7, 11) is 1.82. The molecule has 2 aliphatic rings. The normalized spacial score (nSPS) is 19.3. The number of ether oxygens (including phenoxy) is 1. The second-order valence-electron chi connectivity index (χ2n) is 6.76. The Bertz CT molecular complexity index is 943. The molecule has 152 valence electrons. The van der Waals surface area contributed by atoms with Crippen LogP contribution in [0.1, 0.15) is 28.1 Å². The summed E-state index contributed by atoms with van der Waals surface area (Å²) in [5.74, 6) is 0.775. The molecule has 2 aromatic rings. The van der Waals surface area contributed by atoms with Crippen molar-refractivity contribution >= 4 is 46.3 Å². The van der Waals surface area contributed by atoms with Crippen LogP contribution in [0.4, 0.5) is 10.5 Å². The highest BCUT2D eigenvalue weighted by molar-refractivity contribution is 7.18. The smallest absolute Gasteiger partial charge is 0.414 e. The highest BCUT2D eigenvalue weighted by atomic mass is 35.5. The van der Waals surface area contributed by atoms with Gasteiger partial charge in [-0.15, -0.1) is 11.3 Å². The molecule has 0 aliphatic carbocycles. The van der Waals surface area contributed by atoms with E-state index in [0.717, 1.165) is 17.1 Å². The Labute approximate surface area is 177 Å². The molecule has 9 heteroatoms. The van der Waals surface area contributed by atoms with Gasteiger partial charge in [-0.1, -0.05) is 11.6 Å². The average molecular weight is 434 g/mol. The topological polar surface area (TPSA) is 71.4 Å². The number of nitrogens with zero attached hydrogens (tertiary/aromatic N) is 3. The van der Waals surface area contributed by atoms with Gasteiger partial charge in [0.2, 0.25) is 0 Å². The predicted molar refractivity (Wildman–Crippen MR) is 112 cm³/mol. The molecule has 0 N–H and O–H groups in total. The van der Waals surface area contributed by atoms with Crippen molar-refractivity contribution in [1.82, 2.24) is 5.06 Å². The number of hydrogen-bond donors (Lipinski definition) is 0. The number of ketones is 1. The van der Waals surface area contributed by atoms with Crippen LogP contribution in [0.5, 0.6) is 0 Å². The van der Waals surface area contributed by atoms with Gasteiger partial charge in [-0.05, 0) is 42.8 Å². The minimum Gasteiger partial charge on any atom is -0.444 e. The number of Topliss-reactive ketones (excluding diaryl/α,β-unsaturated/α-hetero) is 1. The summed E-state index contributed by atoms with van der Waals surface area (Å²) >= 11 is 7.14. The summed E-state index contributed by atoms with van der Waals surface area (Å²) in [6.07, 6.45) is 0.0788. The van der Waals surface area contributed by atoms with Crippen molar-refractivity contribution in [3.8, 4) is 0 Å². The van der Waals surface area contributed by atoms with Crippen molar-refractivity contribution in [2.75, 3.05) is 31.6 Å². The third-order valence-corrected chi connectivity index (χ3v) is 6.06. The van der Waals surface area contributed by atoms with Gasteiger partial charge in [-0.3, -0.25) is 19.5 Å². The van der Waals surface area contributed by atoms with Gasteiger partial charge in [0.05, 0.1) is 28.9 Å². The molecule has 2 aliphatic heterocycles. The Kier molecular flexibility index (Phi) is 5.84. The number of halogens is 1. The lowest BCUT2D eigenvalue weighted by Crippen LogP contribution is -2.33. The van der Waals surface area contributed by atoms with E-state index in [2.05, 4.69) is 4.99 Å². The summed E-state index contributed by atoms with van der Waals surface area (Å²) in [4.78, 5) is 36.7. The first-order chi connectivity index (χ1) is 14.0. The molecular formula is C20H20ClN3O4S. The fraction of sp³-hybridized carbons (Fsp3) is 0.350. The minimum atomic E-state index is -0.398. The van der Waals surface area contributed by atoms with Crippen molar-refractivity contribution in [3.05, 3.63) is 51.2 Å². The third kappa shape index (κ3) is 4.44. The molecule has 1 aromatic carbocycles. The summed E-state index contributed by atoms with van der Waals surface area (Å²) in [5.41, 5.74) is 1.66. The number of benzene rings is 1. The van der Waals surface area contributed by atoms with E-state index in [9.17, 15) is 9.59 Å². The Balaban J connectivity index is 1.36. The zero-order chi connectivity index (χ0) is 20.4. The van der Waals surface area contributed by atoms with Crippen LogP contribution in [0.2, 0.25) is 4.34 Å². The maximum absolute atomic E-state index is 12.3. The van der Waals surface area contributed by atoms with Crippen LogP contribution in [0, 0.1) is 0 Å². The molecule has 0 bridgehead atoms. The molecule has 1 saturated heterocycles. The first-order valence-corrected chi connectivity index (χ1v) is 10.5. The first-order valence-electron chi connectivity index (χ1n) is 9.29. The lowest BCUT2D eigenvalue weighted by Gasteiger charge is -2.24. The maximum atomic E-state index is 12.3. The Morgan fingerprint density at radius 2 is 2.07 bits per heavy atom. The van der Waals surface area contributed by atoms with Crippen molar-refractivity contribution in [2.45, 2.75) is 18.9 Å². The fourth-order valence-corrected chi connectivity index (χ4v) is 4.33. The maximum Gasteiger partial charge on any atom is 0.414 e. The predicted octanol–water partition coefficient (Wildman–Crippen LogP) is 4.01. The molecule has 0 spiro atoms. The van der Waals surface area contributed by atoms with E-state index < -0.39 is 6.09 Å². The number of rotatable bonds is 6. The number of hydroxylamine groups is 2. The van der Waals surface area contributed by atoms with E-state index >= 15 is 0 Å². The standard InChI is InChI=1S/C20H20ClN3O4S/c1-23-19(22-10-11-27-23)13-2-4-14(5-3-13)24-12-15(28-20(24)26)6-7-16(25)17-8-9-18(21)29-17/h2-5,8-9,15H,6-7,10-12H2,1H3/t15-/m0/s1. The fourth-order valence-electron chi connectivity index (χ4n) is 3.32. The first kappa shape index (κ1) is 19.9. The highest BCUT2D eigenvalue weighted by Gasteiger charge is 2.32. The number of anilines is 1. The summed E-state index contributed by atoms with van der Waals surface area (Å²) in [6.45, 7) is 1.61. The molecule has 0 radical (unpaired) electrons. The van der Waals surface area contributed by atoms with E-state index in [1.165, 1.54) is 11.3 Å². The van der Waals surface area contributed by atoms with Gasteiger partial charge < -0.3 is 4.74 Å². The number of cyclic esters (lactones) is 1. The van der Waals surface area contributed by atoms with Gasteiger partial charge in [0, 0.05) is 24.7 Å². The van der Waals surface area contributed by atoms with Crippen molar-refractivity contribution in [1.29, 1.82) is 0 Å². The van der Waals surface area contributed by atoms with Crippen molar-refractivity contribution < 1.29 is 19.2 Å². The van der Waals surface area contributed by atoms with E-state index in [-0.39, 0.29) is 11.9 Å². The molecule has 3 heterocycles. The van der Waals surface area contributed by atoms with Gasteiger partial charge in [0.1, 0.15) is 6.10 Å². The number of carbonyl (C=O) groups excluding carboxylic acids is 2.